The predicted molar refractivity (Wildman–Crippen MR) is 146 cm³/mol. The summed E-state index contributed by atoms with van der Waals surface area (Å²) in [5, 5.41) is 0. The molecule has 3 saturated carbocycles. The van der Waals surface area contributed by atoms with Crippen molar-refractivity contribution in [1.82, 2.24) is 4.90 Å². The predicted octanol–water partition coefficient (Wildman–Crippen LogP) is 7.47. The highest BCUT2D eigenvalue weighted by atomic mass is 17.2. The standard InChI is InChI=1S/C30H57NO6/c1-4-25(22-32-35-28-16-10-7-11-17-28)31(26(5-2)23-33-36-29-18-12-8-13-19-29)27(6-3)24-34-37-30-20-14-9-15-21-30/h25-30H,4-24H2,1-3H3. The van der Waals surface area contributed by atoms with Crippen molar-refractivity contribution in [3.63, 3.8) is 0 Å². The molecule has 0 heterocycles. The van der Waals surface area contributed by atoms with Gasteiger partial charge in [-0.2, -0.15) is 0 Å². The average Bonchev–Trinajstić information content (AvgIpc) is 2.96. The largest absolute Gasteiger partial charge is 0.287 e. The van der Waals surface area contributed by atoms with Crippen LogP contribution < -0.4 is 0 Å². The van der Waals surface area contributed by atoms with Crippen molar-refractivity contribution in [2.24, 2.45) is 0 Å². The van der Waals surface area contributed by atoms with Gasteiger partial charge in [0.15, 0.2) is 0 Å². The van der Waals surface area contributed by atoms with Gasteiger partial charge in [-0.1, -0.05) is 78.6 Å². The van der Waals surface area contributed by atoms with Gasteiger partial charge in [-0.3, -0.25) is 4.90 Å². The molecule has 3 rings (SSSR count). The maximum atomic E-state index is 5.91. The molecule has 0 N–H and O–H groups in total. The molecule has 0 bridgehead atoms. The summed E-state index contributed by atoms with van der Waals surface area (Å²) in [5.74, 6) is 0. The molecule has 0 radical (unpaired) electrons. The van der Waals surface area contributed by atoms with Crippen LogP contribution in [0.1, 0.15) is 136 Å². The minimum atomic E-state index is 0.204. The van der Waals surface area contributed by atoms with E-state index in [-0.39, 0.29) is 36.4 Å². The molecule has 218 valence electrons. The molecule has 0 aromatic heterocycles. The minimum Gasteiger partial charge on any atom is -0.287 e. The fourth-order valence-electron chi connectivity index (χ4n) is 6.26. The van der Waals surface area contributed by atoms with Crippen LogP contribution in [0.15, 0.2) is 0 Å². The van der Waals surface area contributed by atoms with E-state index in [9.17, 15) is 0 Å². The average molecular weight is 528 g/mol. The zero-order valence-electron chi connectivity index (χ0n) is 24.2. The zero-order chi connectivity index (χ0) is 26.1. The van der Waals surface area contributed by atoms with Gasteiger partial charge in [-0.25, -0.2) is 29.3 Å². The van der Waals surface area contributed by atoms with Crippen LogP contribution in [0.2, 0.25) is 0 Å². The van der Waals surface area contributed by atoms with E-state index in [0.29, 0.717) is 19.8 Å². The van der Waals surface area contributed by atoms with E-state index in [2.05, 4.69) is 25.7 Å². The molecule has 0 aromatic rings. The van der Waals surface area contributed by atoms with Crippen molar-refractivity contribution in [2.45, 2.75) is 173 Å². The van der Waals surface area contributed by atoms with Gasteiger partial charge in [0.1, 0.15) is 0 Å². The Kier molecular flexibility index (Phi) is 16.0. The summed E-state index contributed by atoms with van der Waals surface area (Å²) in [6, 6.07) is 0.611. The summed E-state index contributed by atoms with van der Waals surface area (Å²) in [6.07, 6.45) is 21.6. The molecule has 3 aliphatic rings. The summed E-state index contributed by atoms with van der Waals surface area (Å²) in [4.78, 5) is 37.9. The highest BCUT2D eigenvalue weighted by Gasteiger charge is 2.32. The second-order valence-corrected chi connectivity index (χ2v) is 11.6. The van der Waals surface area contributed by atoms with Crippen molar-refractivity contribution >= 4 is 0 Å². The SMILES string of the molecule is CCC(COOC1CCCCC1)N(C(CC)COOC1CCCCC1)C(CC)COOC1CCCCC1. The topological polar surface area (TPSA) is 58.6 Å². The smallest absolute Gasteiger partial charge is 0.0977 e. The van der Waals surface area contributed by atoms with Crippen LogP contribution in [0, 0.1) is 0 Å². The van der Waals surface area contributed by atoms with Crippen LogP contribution in [-0.4, -0.2) is 61.2 Å². The molecule has 37 heavy (non-hydrogen) atoms. The third-order valence-corrected chi connectivity index (χ3v) is 8.73. The molecule has 0 amide bonds. The third-order valence-electron chi connectivity index (χ3n) is 8.73. The fraction of sp³-hybridized carbons (Fsp3) is 1.00. The normalized spacial score (nSPS) is 23.4. The van der Waals surface area contributed by atoms with Gasteiger partial charge in [-0.05, 0) is 57.8 Å². The Morgan fingerprint density at radius 3 is 0.973 bits per heavy atom. The maximum absolute atomic E-state index is 5.91. The van der Waals surface area contributed by atoms with Crippen molar-refractivity contribution in [2.75, 3.05) is 19.8 Å². The number of hydrogen-bond acceptors (Lipinski definition) is 7. The Labute approximate surface area is 227 Å². The summed E-state index contributed by atoms with van der Waals surface area (Å²) >= 11 is 0. The van der Waals surface area contributed by atoms with Crippen LogP contribution in [0.3, 0.4) is 0 Å². The molecule has 3 atom stereocenters. The lowest BCUT2D eigenvalue weighted by Gasteiger charge is -2.42. The van der Waals surface area contributed by atoms with Crippen molar-refractivity contribution < 1.29 is 29.3 Å². The summed E-state index contributed by atoms with van der Waals surface area (Å²) in [5.41, 5.74) is 0. The van der Waals surface area contributed by atoms with Gasteiger partial charge >= 0.3 is 0 Å². The van der Waals surface area contributed by atoms with Crippen LogP contribution in [0.4, 0.5) is 0 Å². The van der Waals surface area contributed by atoms with Crippen LogP contribution in [0.25, 0.3) is 0 Å². The third kappa shape index (κ3) is 11.4. The molecule has 3 aliphatic carbocycles. The molecular weight excluding hydrogens is 470 g/mol. The Balaban J connectivity index is 1.58. The van der Waals surface area contributed by atoms with Crippen LogP contribution in [-0.2, 0) is 29.3 Å². The Bertz CT molecular complexity index is 472. The zero-order valence-corrected chi connectivity index (χ0v) is 24.2. The highest BCUT2D eigenvalue weighted by Crippen LogP contribution is 2.25. The van der Waals surface area contributed by atoms with E-state index in [1.54, 1.807) is 0 Å². The Morgan fingerprint density at radius 2 is 0.730 bits per heavy atom. The second-order valence-electron chi connectivity index (χ2n) is 11.6. The van der Waals surface area contributed by atoms with Gasteiger partial charge in [0, 0.05) is 18.1 Å². The highest BCUT2D eigenvalue weighted by molar-refractivity contribution is 4.84. The Morgan fingerprint density at radius 1 is 0.459 bits per heavy atom. The Hall–Kier alpha value is -0.280. The number of rotatable bonds is 18. The first kappa shape index (κ1) is 31.3. The molecule has 3 fully saturated rings. The summed E-state index contributed by atoms with van der Waals surface area (Å²) < 4.78 is 0. The molecule has 0 spiro atoms. The lowest BCUT2D eigenvalue weighted by Crippen LogP contribution is -2.54. The van der Waals surface area contributed by atoms with Gasteiger partial charge in [0.05, 0.1) is 38.1 Å². The molecule has 7 nitrogen and oxygen atoms in total. The summed E-state index contributed by atoms with van der Waals surface area (Å²) in [6.45, 7) is 8.35. The summed E-state index contributed by atoms with van der Waals surface area (Å²) in [7, 11) is 0. The first-order valence-electron chi connectivity index (χ1n) is 15.9. The lowest BCUT2D eigenvalue weighted by atomic mass is 9.98. The van der Waals surface area contributed by atoms with Crippen LogP contribution in [0.5, 0.6) is 0 Å². The number of nitrogens with zero attached hydrogens (tertiary/aromatic N) is 1. The van der Waals surface area contributed by atoms with E-state index in [0.717, 1.165) is 57.8 Å². The van der Waals surface area contributed by atoms with E-state index in [1.165, 1.54) is 57.8 Å². The lowest BCUT2D eigenvalue weighted by molar-refractivity contribution is -0.350. The molecule has 3 unspecified atom stereocenters. The van der Waals surface area contributed by atoms with Crippen molar-refractivity contribution in [1.29, 1.82) is 0 Å². The van der Waals surface area contributed by atoms with E-state index in [1.807, 2.05) is 0 Å². The van der Waals surface area contributed by atoms with E-state index < -0.39 is 0 Å². The van der Waals surface area contributed by atoms with Gasteiger partial charge < -0.3 is 0 Å². The minimum absolute atomic E-state index is 0.204. The quantitative estimate of drug-likeness (QED) is 0.135. The fourth-order valence-corrected chi connectivity index (χ4v) is 6.26. The van der Waals surface area contributed by atoms with Gasteiger partial charge in [0.25, 0.3) is 0 Å². The second kappa shape index (κ2) is 18.9. The molecular formula is C30H57NO6. The van der Waals surface area contributed by atoms with E-state index >= 15 is 0 Å². The molecule has 0 aliphatic heterocycles. The first-order chi connectivity index (χ1) is 18.2. The van der Waals surface area contributed by atoms with Crippen molar-refractivity contribution in [3.05, 3.63) is 0 Å². The maximum Gasteiger partial charge on any atom is 0.0977 e. The van der Waals surface area contributed by atoms with Crippen molar-refractivity contribution in [3.8, 4) is 0 Å². The first-order valence-corrected chi connectivity index (χ1v) is 15.9. The molecule has 0 aromatic carbocycles. The molecule has 0 saturated heterocycles. The van der Waals surface area contributed by atoms with Gasteiger partial charge in [-0.15, -0.1) is 0 Å². The monoisotopic (exact) mass is 527 g/mol. The van der Waals surface area contributed by atoms with E-state index in [4.69, 9.17) is 29.3 Å². The number of hydrogen-bond donors (Lipinski definition) is 0. The van der Waals surface area contributed by atoms with Crippen LogP contribution >= 0.6 is 0 Å². The van der Waals surface area contributed by atoms with Gasteiger partial charge in [0.2, 0.25) is 0 Å². The molecule has 7 heteroatoms.